The molecule has 0 aromatic heterocycles. The predicted octanol–water partition coefficient (Wildman–Crippen LogP) is 3.96. The molecule has 1 aliphatic carbocycles. The lowest BCUT2D eigenvalue weighted by atomic mass is 9.90. The van der Waals surface area contributed by atoms with Crippen LogP contribution in [0, 0.1) is 24.6 Å². The molecular weight excluding hydrogens is 213 g/mol. The molecule has 3 atom stereocenters. The zero-order valence-electron chi connectivity index (χ0n) is 10.7. The molecule has 1 aliphatic rings. The zero-order valence-corrected chi connectivity index (χ0v) is 10.7. The summed E-state index contributed by atoms with van der Waals surface area (Å²) in [7, 11) is 0. The van der Waals surface area contributed by atoms with Gasteiger partial charge < -0.3 is 5.73 Å². The van der Waals surface area contributed by atoms with Crippen LogP contribution in [0.1, 0.15) is 49.8 Å². The van der Waals surface area contributed by atoms with E-state index in [2.05, 4.69) is 6.92 Å². The fraction of sp³-hybridized carbons (Fsp3) is 0.600. The van der Waals surface area contributed by atoms with Crippen LogP contribution < -0.4 is 5.73 Å². The Kier molecular flexibility index (Phi) is 3.82. The SMILES string of the molecule is CCC1CCC(C(N)c2ccc(F)c(C)c2)C1. The number of aryl methyl sites for hydroxylation is 1. The lowest BCUT2D eigenvalue weighted by molar-refractivity contribution is 0.416. The maximum absolute atomic E-state index is 13.2. The Morgan fingerprint density at radius 3 is 2.76 bits per heavy atom. The van der Waals surface area contributed by atoms with Crippen molar-refractivity contribution in [2.45, 2.75) is 45.6 Å². The largest absolute Gasteiger partial charge is 0.324 e. The van der Waals surface area contributed by atoms with Gasteiger partial charge in [0.15, 0.2) is 0 Å². The van der Waals surface area contributed by atoms with E-state index in [9.17, 15) is 4.39 Å². The van der Waals surface area contributed by atoms with E-state index in [-0.39, 0.29) is 11.9 Å². The number of rotatable bonds is 3. The minimum absolute atomic E-state index is 0.0749. The number of nitrogens with two attached hydrogens (primary N) is 1. The highest BCUT2D eigenvalue weighted by molar-refractivity contribution is 5.26. The summed E-state index contributed by atoms with van der Waals surface area (Å²) < 4.78 is 13.2. The fourth-order valence-electron chi connectivity index (χ4n) is 2.96. The first-order valence-electron chi connectivity index (χ1n) is 6.63. The summed E-state index contributed by atoms with van der Waals surface area (Å²) in [6, 6.07) is 5.35. The maximum Gasteiger partial charge on any atom is 0.126 e. The summed E-state index contributed by atoms with van der Waals surface area (Å²) in [5.41, 5.74) is 8.10. The van der Waals surface area contributed by atoms with Crippen LogP contribution in [-0.2, 0) is 0 Å². The number of hydrogen-bond acceptors (Lipinski definition) is 1. The average molecular weight is 235 g/mol. The molecule has 0 amide bonds. The highest BCUT2D eigenvalue weighted by atomic mass is 19.1. The Bertz CT molecular complexity index is 389. The molecule has 2 rings (SSSR count). The van der Waals surface area contributed by atoms with Gasteiger partial charge in [-0.1, -0.05) is 31.9 Å². The average Bonchev–Trinajstić information content (AvgIpc) is 2.80. The molecule has 1 nitrogen and oxygen atoms in total. The van der Waals surface area contributed by atoms with Gasteiger partial charge in [0.25, 0.3) is 0 Å². The fourth-order valence-corrected chi connectivity index (χ4v) is 2.96. The van der Waals surface area contributed by atoms with Gasteiger partial charge in [-0.3, -0.25) is 0 Å². The Balaban J connectivity index is 2.09. The first-order valence-corrected chi connectivity index (χ1v) is 6.63. The van der Waals surface area contributed by atoms with Gasteiger partial charge >= 0.3 is 0 Å². The molecule has 1 fully saturated rings. The Labute approximate surface area is 103 Å². The second-order valence-electron chi connectivity index (χ2n) is 5.38. The van der Waals surface area contributed by atoms with Gasteiger partial charge in [-0.2, -0.15) is 0 Å². The minimum atomic E-state index is -0.140. The van der Waals surface area contributed by atoms with Crippen LogP contribution >= 0.6 is 0 Å². The van der Waals surface area contributed by atoms with Gasteiger partial charge in [0, 0.05) is 6.04 Å². The van der Waals surface area contributed by atoms with E-state index in [0.29, 0.717) is 11.5 Å². The van der Waals surface area contributed by atoms with Crippen LogP contribution in [0.4, 0.5) is 4.39 Å². The van der Waals surface area contributed by atoms with Crippen LogP contribution in [0.3, 0.4) is 0 Å². The van der Waals surface area contributed by atoms with Crippen LogP contribution in [0.5, 0.6) is 0 Å². The molecule has 0 saturated heterocycles. The van der Waals surface area contributed by atoms with Crippen molar-refractivity contribution in [3.63, 3.8) is 0 Å². The topological polar surface area (TPSA) is 26.0 Å². The normalized spacial score (nSPS) is 26.1. The molecule has 0 bridgehead atoms. The number of hydrogen-bond donors (Lipinski definition) is 1. The smallest absolute Gasteiger partial charge is 0.126 e. The standard InChI is InChI=1S/C15H22FN/c1-3-11-4-5-13(9-11)15(17)12-6-7-14(16)10(2)8-12/h6-8,11,13,15H,3-5,9,17H2,1-2H3. The van der Waals surface area contributed by atoms with Crippen molar-refractivity contribution >= 4 is 0 Å². The maximum atomic E-state index is 13.2. The summed E-state index contributed by atoms with van der Waals surface area (Å²) in [4.78, 5) is 0. The Hall–Kier alpha value is -0.890. The van der Waals surface area contributed by atoms with Crippen LogP contribution in [0.2, 0.25) is 0 Å². The van der Waals surface area contributed by atoms with Crippen LogP contribution in [0.25, 0.3) is 0 Å². The van der Waals surface area contributed by atoms with Crippen LogP contribution in [-0.4, -0.2) is 0 Å². The molecule has 94 valence electrons. The van der Waals surface area contributed by atoms with E-state index in [0.717, 1.165) is 11.5 Å². The molecule has 3 unspecified atom stereocenters. The molecule has 2 heteroatoms. The molecule has 2 N–H and O–H groups in total. The molecule has 1 aromatic carbocycles. The van der Waals surface area contributed by atoms with Crippen molar-refractivity contribution < 1.29 is 4.39 Å². The van der Waals surface area contributed by atoms with E-state index in [1.807, 2.05) is 12.1 Å². The summed E-state index contributed by atoms with van der Waals surface area (Å²) in [6.45, 7) is 4.05. The Morgan fingerprint density at radius 2 is 2.18 bits per heavy atom. The summed E-state index contributed by atoms with van der Waals surface area (Å²) in [5, 5.41) is 0. The lowest BCUT2D eigenvalue weighted by Crippen LogP contribution is -2.19. The minimum Gasteiger partial charge on any atom is -0.324 e. The van der Waals surface area contributed by atoms with Gasteiger partial charge in [0.1, 0.15) is 5.82 Å². The lowest BCUT2D eigenvalue weighted by Gasteiger charge is -2.20. The van der Waals surface area contributed by atoms with Crippen molar-refractivity contribution in [2.24, 2.45) is 17.6 Å². The molecule has 0 spiro atoms. The summed E-state index contributed by atoms with van der Waals surface area (Å²) in [5.74, 6) is 1.27. The number of halogens is 1. The third kappa shape index (κ3) is 2.68. The van der Waals surface area contributed by atoms with Gasteiger partial charge in [0.2, 0.25) is 0 Å². The van der Waals surface area contributed by atoms with E-state index < -0.39 is 0 Å². The first kappa shape index (κ1) is 12.6. The molecule has 1 aromatic rings. The number of benzene rings is 1. The molecule has 0 heterocycles. The summed E-state index contributed by atoms with van der Waals surface area (Å²) >= 11 is 0. The zero-order chi connectivity index (χ0) is 12.4. The van der Waals surface area contributed by atoms with Gasteiger partial charge in [0.05, 0.1) is 0 Å². The second-order valence-corrected chi connectivity index (χ2v) is 5.38. The molecule has 0 aliphatic heterocycles. The molecule has 17 heavy (non-hydrogen) atoms. The van der Waals surface area contributed by atoms with Gasteiger partial charge in [-0.05, 0) is 48.8 Å². The van der Waals surface area contributed by atoms with Crippen molar-refractivity contribution in [1.82, 2.24) is 0 Å². The van der Waals surface area contributed by atoms with Gasteiger partial charge in [-0.25, -0.2) is 4.39 Å². The molecule has 0 radical (unpaired) electrons. The third-order valence-corrected chi connectivity index (χ3v) is 4.23. The predicted molar refractivity (Wildman–Crippen MR) is 69.2 cm³/mol. The highest BCUT2D eigenvalue weighted by Gasteiger charge is 2.28. The van der Waals surface area contributed by atoms with Crippen molar-refractivity contribution in [3.8, 4) is 0 Å². The van der Waals surface area contributed by atoms with Crippen molar-refractivity contribution in [3.05, 3.63) is 35.1 Å². The molecular formula is C15H22FN. The summed E-state index contributed by atoms with van der Waals surface area (Å²) in [6.07, 6.45) is 5.00. The van der Waals surface area contributed by atoms with Crippen LogP contribution in [0.15, 0.2) is 18.2 Å². The van der Waals surface area contributed by atoms with E-state index >= 15 is 0 Å². The van der Waals surface area contributed by atoms with Gasteiger partial charge in [-0.15, -0.1) is 0 Å². The highest BCUT2D eigenvalue weighted by Crippen LogP contribution is 2.39. The monoisotopic (exact) mass is 235 g/mol. The van der Waals surface area contributed by atoms with Crippen molar-refractivity contribution in [2.75, 3.05) is 0 Å². The van der Waals surface area contributed by atoms with Crippen molar-refractivity contribution in [1.29, 1.82) is 0 Å². The quantitative estimate of drug-likeness (QED) is 0.843. The van der Waals surface area contributed by atoms with E-state index in [1.54, 1.807) is 6.92 Å². The third-order valence-electron chi connectivity index (χ3n) is 4.23. The van der Waals surface area contributed by atoms with E-state index in [4.69, 9.17) is 5.73 Å². The molecule has 1 saturated carbocycles. The second kappa shape index (κ2) is 5.18. The van der Waals surface area contributed by atoms with E-state index in [1.165, 1.54) is 31.7 Å². The Morgan fingerprint density at radius 1 is 1.41 bits per heavy atom. The first-order chi connectivity index (χ1) is 8.11.